The van der Waals surface area contributed by atoms with E-state index in [2.05, 4.69) is 30.0 Å². The zero-order valence-electron chi connectivity index (χ0n) is 10.6. The standard InChI is InChI=1S/C13H16N4S/c1-3-10-7-11(4-2)17(16-10)12-6-5-9(8-15-12)13(14)18/h5-8H,3-4H2,1-2H3,(H2,14,18). The van der Waals surface area contributed by atoms with Gasteiger partial charge in [0, 0.05) is 17.5 Å². The highest BCUT2D eigenvalue weighted by molar-refractivity contribution is 7.80. The molecular formula is C13H16N4S. The van der Waals surface area contributed by atoms with Crippen LogP contribution >= 0.6 is 12.2 Å². The largest absolute Gasteiger partial charge is 0.389 e. The molecular weight excluding hydrogens is 244 g/mol. The van der Waals surface area contributed by atoms with Crippen molar-refractivity contribution in [2.75, 3.05) is 0 Å². The molecule has 2 rings (SSSR count). The number of nitrogens with zero attached hydrogens (tertiary/aromatic N) is 3. The zero-order chi connectivity index (χ0) is 13.1. The van der Waals surface area contributed by atoms with Gasteiger partial charge in [0.2, 0.25) is 0 Å². The van der Waals surface area contributed by atoms with Crippen molar-refractivity contribution < 1.29 is 0 Å². The number of aromatic nitrogens is 3. The molecule has 2 aromatic heterocycles. The second-order valence-corrected chi connectivity index (χ2v) is 4.46. The Bertz CT molecular complexity index is 557. The first-order valence-electron chi connectivity index (χ1n) is 5.99. The monoisotopic (exact) mass is 260 g/mol. The Kier molecular flexibility index (Phi) is 3.72. The zero-order valence-corrected chi connectivity index (χ0v) is 11.4. The van der Waals surface area contributed by atoms with Crippen LogP contribution in [-0.4, -0.2) is 19.8 Å². The maximum atomic E-state index is 5.55. The Hall–Kier alpha value is -1.75. The maximum absolute atomic E-state index is 5.55. The summed E-state index contributed by atoms with van der Waals surface area (Å²) < 4.78 is 1.88. The molecule has 0 aliphatic heterocycles. The summed E-state index contributed by atoms with van der Waals surface area (Å²) in [6.45, 7) is 4.20. The first kappa shape index (κ1) is 12.7. The Morgan fingerprint density at radius 2 is 2.11 bits per heavy atom. The minimum atomic E-state index is 0.361. The smallest absolute Gasteiger partial charge is 0.153 e. The minimum absolute atomic E-state index is 0.361. The first-order chi connectivity index (χ1) is 8.65. The van der Waals surface area contributed by atoms with Crippen LogP contribution in [0.25, 0.3) is 5.82 Å². The van der Waals surface area contributed by atoms with Gasteiger partial charge in [-0.1, -0.05) is 26.1 Å². The van der Waals surface area contributed by atoms with E-state index < -0.39 is 0 Å². The third-order valence-electron chi connectivity index (χ3n) is 2.81. The minimum Gasteiger partial charge on any atom is -0.389 e. The van der Waals surface area contributed by atoms with Crippen molar-refractivity contribution in [1.82, 2.24) is 14.8 Å². The SMILES string of the molecule is CCc1cc(CC)n(-c2ccc(C(N)=S)cn2)n1. The van der Waals surface area contributed by atoms with Gasteiger partial charge in [0.15, 0.2) is 5.82 Å². The van der Waals surface area contributed by atoms with Gasteiger partial charge in [0.05, 0.1) is 5.69 Å². The molecule has 0 saturated carbocycles. The van der Waals surface area contributed by atoms with Crippen molar-refractivity contribution in [3.8, 4) is 5.82 Å². The van der Waals surface area contributed by atoms with Crippen molar-refractivity contribution in [2.45, 2.75) is 26.7 Å². The summed E-state index contributed by atoms with van der Waals surface area (Å²) in [5.74, 6) is 0.798. The second-order valence-electron chi connectivity index (χ2n) is 4.02. The lowest BCUT2D eigenvalue weighted by Crippen LogP contribution is -2.11. The summed E-state index contributed by atoms with van der Waals surface area (Å²) in [5, 5.41) is 4.53. The van der Waals surface area contributed by atoms with Crippen molar-refractivity contribution in [2.24, 2.45) is 5.73 Å². The Morgan fingerprint density at radius 1 is 1.33 bits per heavy atom. The van der Waals surface area contributed by atoms with E-state index in [0.29, 0.717) is 4.99 Å². The molecule has 5 heteroatoms. The molecule has 2 aromatic rings. The third kappa shape index (κ3) is 2.41. The van der Waals surface area contributed by atoms with E-state index in [4.69, 9.17) is 18.0 Å². The summed E-state index contributed by atoms with van der Waals surface area (Å²) >= 11 is 4.91. The van der Waals surface area contributed by atoms with Crippen LogP contribution < -0.4 is 5.73 Å². The van der Waals surface area contributed by atoms with Gasteiger partial charge in [0.1, 0.15) is 4.99 Å². The van der Waals surface area contributed by atoms with E-state index >= 15 is 0 Å². The number of aryl methyl sites for hydroxylation is 2. The summed E-state index contributed by atoms with van der Waals surface area (Å²) in [6.07, 6.45) is 3.53. The average Bonchev–Trinajstić information content (AvgIpc) is 2.82. The van der Waals surface area contributed by atoms with Crippen LogP contribution in [-0.2, 0) is 12.8 Å². The molecule has 4 nitrogen and oxygen atoms in total. The number of rotatable bonds is 4. The molecule has 94 valence electrons. The quantitative estimate of drug-likeness (QED) is 0.855. The van der Waals surface area contributed by atoms with Crippen LogP contribution in [0.4, 0.5) is 0 Å². The molecule has 2 N–H and O–H groups in total. The lowest BCUT2D eigenvalue weighted by atomic mass is 10.2. The summed E-state index contributed by atoms with van der Waals surface area (Å²) in [4.78, 5) is 4.72. The van der Waals surface area contributed by atoms with E-state index in [1.807, 2.05) is 16.8 Å². The van der Waals surface area contributed by atoms with Crippen molar-refractivity contribution >= 4 is 17.2 Å². The normalized spacial score (nSPS) is 10.6. The average molecular weight is 260 g/mol. The van der Waals surface area contributed by atoms with E-state index in [-0.39, 0.29) is 0 Å². The fourth-order valence-corrected chi connectivity index (χ4v) is 1.88. The fourth-order valence-electron chi connectivity index (χ4n) is 1.76. The molecule has 0 aliphatic rings. The summed E-state index contributed by atoms with van der Waals surface area (Å²) in [5.41, 5.74) is 8.56. The molecule has 0 atom stereocenters. The predicted molar refractivity (Wildman–Crippen MR) is 76.0 cm³/mol. The number of pyridine rings is 1. The van der Waals surface area contributed by atoms with Crippen LogP contribution in [0.15, 0.2) is 24.4 Å². The molecule has 0 bridgehead atoms. The number of nitrogens with two attached hydrogens (primary N) is 1. The Morgan fingerprint density at radius 3 is 2.61 bits per heavy atom. The second kappa shape index (κ2) is 5.27. The number of hydrogen-bond donors (Lipinski definition) is 1. The fraction of sp³-hybridized carbons (Fsp3) is 0.308. The third-order valence-corrected chi connectivity index (χ3v) is 3.04. The molecule has 0 fully saturated rings. The number of thiocarbonyl (C=S) groups is 1. The van der Waals surface area contributed by atoms with Crippen LogP contribution in [0, 0.1) is 0 Å². The van der Waals surface area contributed by atoms with Crippen LogP contribution in [0.3, 0.4) is 0 Å². The molecule has 0 aliphatic carbocycles. The topological polar surface area (TPSA) is 56.7 Å². The number of hydrogen-bond acceptors (Lipinski definition) is 3. The Balaban J connectivity index is 2.41. The molecule has 18 heavy (non-hydrogen) atoms. The van der Waals surface area contributed by atoms with Gasteiger partial charge in [-0.3, -0.25) is 0 Å². The molecule has 0 radical (unpaired) electrons. The summed E-state index contributed by atoms with van der Waals surface area (Å²) in [6, 6.07) is 5.88. The van der Waals surface area contributed by atoms with Gasteiger partial charge in [-0.25, -0.2) is 9.67 Å². The van der Waals surface area contributed by atoms with E-state index in [9.17, 15) is 0 Å². The molecule has 2 heterocycles. The maximum Gasteiger partial charge on any atom is 0.153 e. The molecule has 0 amide bonds. The highest BCUT2D eigenvalue weighted by atomic mass is 32.1. The van der Waals surface area contributed by atoms with E-state index in [0.717, 1.165) is 35.6 Å². The van der Waals surface area contributed by atoms with Gasteiger partial charge < -0.3 is 5.73 Å². The highest BCUT2D eigenvalue weighted by Crippen LogP contribution is 2.12. The molecule has 0 saturated heterocycles. The lowest BCUT2D eigenvalue weighted by Gasteiger charge is -2.05. The van der Waals surface area contributed by atoms with Gasteiger partial charge in [-0.05, 0) is 31.0 Å². The van der Waals surface area contributed by atoms with Crippen molar-refractivity contribution in [1.29, 1.82) is 0 Å². The molecule has 0 spiro atoms. The highest BCUT2D eigenvalue weighted by Gasteiger charge is 2.08. The van der Waals surface area contributed by atoms with Crippen molar-refractivity contribution in [3.05, 3.63) is 41.3 Å². The van der Waals surface area contributed by atoms with Crippen LogP contribution in [0.1, 0.15) is 30.8 Å². The molecule has 0 aromatic carbocycles. The van der Waals surface area contributed by atoms with E-state index in [1.165, 1.54) is 0 Å². The van der Waals surface area contributed by atoms with Crippen LogP contribution in [0.2, 0.25) is 0 Å². The van der Waals surface area contributed by atoms with Gasteiger partial charge in [0.25, 0.3) is 0 Å². The Labute approximate surface area is 112 Å². The molecule has 0 unspecified atom stereocenters. The van der Waals surface area contributed by atoms with Crippen LogP contribution in [0.5, 0.6) is 0 Å². The van der Waals surface area contributed by atoms with Gasteiger partial charge in [-0.15, -0.1) is 0 Å². The summed E-state index contributed by atoms with van der Waals surface area (Å²) in [7, 11) is 0. The van der Waals surface area contributed by atoms with E-state index in [1.54, 1.807) is 6.20 Å². The van der Waals surface area contributed by atoms with Gasteiger partial charge >= 0.3 is 0 Å². The van der Waals surface area contributed by atoms with Crippen molar-refractivity contribution in [3.63, 3.8) is 0 Å². The lowest BCUT2D eigenvalue weighted by molar-refractivity contribution is 0.772. The first-order valence-corrected chi connectivity index (χ1v) is 6.40. The van der Waals surface area contributed by atoms with Gasteiger partial charge in [-0.2, -0.15) is 5.10 Å². The predicted octanol–water partition coefficient (Wildman–Crippen LogP) is 2.03.